The monoisotopic (exact) mass is 287 g/mol. The van der Waals surface area contributed by atoms with Crippen molar-refractivity contribution in [1.82, 2.24) is 0 Å². The highest BCUT2D eigenvalue weighted by Crippen LogP contribution is 2.31. The molecule has 108 valence electrons. The van der Waals surface area contributed by atoms with Crippen molar-refractivity contribution in [2.24, 2.45) is 0 Å². The fraction of sp³-hybridized carbons (Fsp3) is 0.235. The minimum atomic E-state index is -0.805. The second-order valence-electron chi connectivity index (χ2n) is 5.36. The molecule has 2 aromatic carbocycles. The van der Waals surface area contributed by atoms with Crippen molar-refractivity contribution in [2.75, 3.05) is 11.4 Å². The summed E-state index contributed by atoms with van der Waals surface area (Å²) in [6, 6.07) is 11.1. The van der Waals surface area contributed by atoms with Crippen molar-refractivity contribution in [3.63, 3.8) is 0 Å². The minimum Gasteiger partial charge on any atom is -0.361 e. The Kier molecular flexibility index (Phi) is 3.45. The Labute approximate surface area is 122 Å². The molecular formula is C17H15F2NO. The zero-order chi connectivity index (χ0) is 15.0. The van der Waals surface area contributed by atoms with Gasteiger partial charge < -0.3 is 4.90 Å². The average Bonchev–Trinajstić information content (AvgIpc) is 2.75. The Bertz CT molecular complexity index is 699. The molecule has 2 aromatic rings. The molecule has 2 nitrogen and oxygen atoms in total. The Morgan fingerprint density at radius 3 is 2.76 bits per heavy atom. The van der Waals surface area contributed by atoms with Gasteiger partial charge in [0.25, 0.3) is 0 Å². The van der Waals surface area contributed by atoms with Gasteiger partial charge in [0.05, 0.1) is 12.1 Å². The Morgan fingerprint density at radius 2 is 2.00 bits per heavy atom. The van der Waals surface area contributed by atoms with E-state index in [2.05, 4.69) is 0 Å². The summed E-state index contributed by atoms with van der Waals surface area (Å²) in [6.45, 7) is 2.13. The standard InChI is InChI=1S/C17H15F2NO/c1-11-8-12-4-2-3-5-16(12)20(11)10-17(21)14-7-6-13(18)9-15(14)19/h2-7,9,11H,8,10H2,1H3. The van der Waals surface area contributed by atoms with Crippen LogP contribution in [0, 0.1) is 11.6 Å². The summed E-state index contributed by atoms with van der Waals surface area (Å²) < 4.78 is 26.6. The third-order valence-corrected chi connectivity index (χ3v) is 3.89. The van der Waals surface area contributed by atoms with Gasteiger partial charge in [-0.2, -0.15) is 0 Å². The van der Waals surface area contributed by atoms with Crippen molar-refractivity contribution in [2.45, 2.75) is 19.4 Å². The number of ketones is 1. The molecule has 0 aliphatic carbocycles. The van der Waals surface area contributed by atoms with E-state index in [1.807, 2.05) is 36.1 Å². The molecule has 1 unspecified atom stereocenters. The normalized spacial score (nSPS) is 16.9. The molecule has 0 spiro atoms. The summed E-state index contributed by atoms with van der Waals surface area (Å²) in [6.07, 6.45) is 0.870. The highest BCUT2D eigenvalue weighted by atomic mass is 19.1. The van der Waals surface area contributed by atoms with Crippen LogP contribution in [0.2, 0.25) is 0 Å². The van der Waals surface area contributed by atoms with E-state index in [-0.39, 0.29) is 23.9 Å². The van der Waals surface area contributed by atoms with Crippen LogP contribution in [0.25, 0.3) is 0 Å². The molecule has 0 saturated carbocycles. The second kappa shape index (κ2) is 5.28. The number of benzene rings is 2. The summed E-state index contributed by atoms with van der Waals surface area (Å²) in [4.78, 5) is 14.3. The van der Waals surface area contributed by atoms with Crippen LogP contribution < -0.4 is 4.90 Å². The summed E-state index contributed by atoms with van der Waals surface area (Å²) >= 11 is 0. The first-order chi connectivity index (χ1) is 10.1. The van der Waals surface area contributed by atoms with Crippen LogP contribution in [0.4, 0.5) is 14.5 Å². The van der Waals surface area contributed by atoms with Crippen molar-refractivity contribution < 1.29 is 13.6 Å². The molecular weight excluding hydrogens is 272 g/mol. The van der Waals surface area contributed by atoms with E-state index in [0.717, 1.165) is 24.2 Å². The lowest BCUT2D eigenvalue weighted by Gasteiger charge is -2.24. The fourth-order valence-corrected chi connectivity index (χ4v) is 2.83. The van der Waals surface area contributed by atoms with Crippen LogP contribution in [0.15, 0.2) is 42.5 Å². The zero-order valence-corrected chi connectivity index (χ0v) is 11.6. The molecule has 4 heteroatoms. The molecule has 0 saturated heterocycles. The van der Waals surface area contributed by atoms with Crippen molar-refractivity contribution in [1.29, 1.82) is 0 Å². The SMILES string of the molecule is CC1Cc2ccccc2N1CC(=O)c1ccc(F)cc1F. The predicted octanol–water partition coefficient (Wildman–Crippen LogP) is 3.60. The summed E-state index contributed by atoms with van der Waals surface area (Å²) in [5.41, 5.74) is 2.14. The van der Waals surface area contributed by atoms with Crippen LogP contribution in [-0.4, -0.2) is 18.4 Å². The molecule has 1 heterocycles. The Balaban J connectivity index is 1.85. The number of hydrogen-bond donors (Lipinski definition) is 0. The topological polar surface area (TPSA) is 20.3 Å². The lowest BCUT2D eigenvalue weighted by molar-refractivity contribution is 0.0993. The van der Waals surface area contributed by atoms with Crippen molar-refractivity contribution in [3.05, 3.63) is 65.2 Å². The third kappa shape index (κ3) is 2.53. The smallest absolute Gasteiger partial charge is 0.185 e. The van der Waals surface area contributed by atoms with E-state index in [4.69, 9.17) is 0 Å². The average molecular weight is 287 g/mol. The van der Waals surface area contributed by atoms with E-state index in [1.54, 1.807) is 0 Å². The van der Waals surface area contributed by atoms with Gasteiger partial charge in [-0.3, -0.25) is 4.79 Å². The molecule has 1 aliphatic rings. The van der Waals surface area contributed by atoms with Gasteiger partial charge in [-0.05, 0) is 37.1 Å². The van der Waals surface area contributed by atoms with Crippen LogP contribution in [0.1, 0.15) is 22.8 Å². The summed E-state index contributed by atoms with van der Waals surface area (Å²) in [5, 5.41) is 0. The molecule has 0 amide bonds. The van der Waals surface area contributed by atoms with E-state index in [1.165, 1.54) is 11.6 Å². The van der Waals surface area contributed by atoms with E-state index < -0.39 is 11.6 Å². The highest BCUT2D eigenvalue weighted by molar-refractivity contribution is 5.99. The maximum atomic E-state index is 13.7. The van der Waals surface area contributed by atoms with Gasteiger partial charge in [-0.1, -0.05) is 18.2 Å². The van der Waals surface area contributed by atoms with Crippen molar-refractivity contribution in [3.8, 4) is 0 Å². The first-order valence-corrected chi connectivity index (χ1v) is 6.89. The third-order valence-electron chi connectivity index (χ3n) is 3.89. The Morgan fingerprint density at radius 1 is 1.24 bits per heavy atom. The highest BCUT2D eigenvalue weighted by Gasteiger charge is 2.28. The van der Waals surface area contributed by atoms with Gasteiger partial charge in [-0.15, -0.1) is 0 Å². The van der Waals surface area contributed by atoms with Gasteiger partial charge in [-0.25, -0.2) is 8.78 Å². The van der Waals surface area contributed by atoms with Gasteiger partial charge in [0.2, 0.25) is 0 Å². The van der Waals surface area contributed by atoms with Gasteiger partial charge in [0.15, 0.2) is 5.78 Å². The molecule has 0 radical (unpaired) electrons. The number of anilines is 1. The lowest BCUT2D eigenvalue weighted by atomic mass is 10.1. The zero-order valence-electron chi connectivity index (χ0n) is 11.6. The van der Waals surface area contributed by atoms with E-state index in [0.29, 0.717) is 0 Å². The minimum absolute atomic E-state index is 0.0621. The molecule has 0 fully saturated rings. The van der Waals surface area contributed by atoms with Crippen LogP contribution in [-0.2, 0) is 6.42 Å². The Hall–Kier alpha value is -2.23. The quantitative estimate of drug-likeness (QED) is 0.804. The number of Topliss-reactive ketones (excluding diaryl/α,β-unsaturated/α-hetero) is 1. The number of rotatable bonds is 3. The molecule has 3 rings (SSSR count). The van der Waals surface area contributed by atoms with E-state index in [9.17, 15) is 13.6 Å². The maximum Gasteiger partial charge on any atom is 0.185 e. The number of carbonyl (C=O) groups excluding carboxylic acids is 1. The van der Waals surface area contributed by atoms with Crippen LogP contribution in [0.3, 0.4) is 0 Å². The predicted molar refractivity (Wildman–Crippen MR) is 77.6 cm³/mol. The number of nitrogens with zero attached hydrogens (tertiary/aromatic N) is 1. The first kappa shape index (κ1) is 13.7. The van der Waals surface area contributed by atoms with E-state index >= 15 is 0 Å². The number of carbonyl (C=O) groups is 1. The molecule has 0 N–H and O–H groups in total. The maximum absolute atomic E-state index is 13.7. The first-order valence-electron chi connectivity index (χ1n) is 6.89. The largest absolute Gasteiger partial charge is 0.361 e. The number of hydrogen-bond acceptors (Lipinski definition) is 2. The number of halogens is 2. The van der Waals surface area contributed by atoms with Gasteiger partial charge in [0, 0.05) is 17.8 Å². The second-order valence-corrected chi connectivity index (χ2v) is 5.36. The summed E-state index contributed by atoms with van der Waals surface area (Å²) in [7, 11) is 0. The molecule has 0 aromatic heterocycles. The van der Waals surface area contributed by atoms with Crippen LogP contribution in [0.5, 0.6) is 0 Å². The summed E-state index contributed by atoms with van der Waals surface area (Å²) in [5.74, 6) is -1.82. The fourth-order valence-electron chi connectivity index (χ4n) is 2.83. The number of para-hydroxylation sites is 1. The molecule has 1 aliphatic heterocycles. The van der Waals surface area contributed by atoms with Gasteiger partial charge >= 0.3 is 0 Å². The lowest BCUT2D eigenvalue weighted by Crippen LogP contribution is -2.34. The number of fused-ring (bicyclic) bond motifs is 1. The van der Waals surface area contributed by atoms with Crippen LogP contribution >= 0.6 is 0 Å². The van der Waals surface area contributed by atoms with Gasteiger partial charge in [0.1, 0.15) is 11.6 Å². The molecule has 1 atom stereocenters. The van der Waals surface area contributed by atoms with Crippen molar-refractivity contribution >= 4 is 11.5 Å². The molecule has 21 heavy (non-hydrogen) atoms. The molecule has 0 bridgehead atoms.